The standard InChI is InChI=1S/C13H11ClN2O/c1-9-5-6-10(8-15-9)13(17)16-12-4-2-3-11(14)7-12/h2-8H,1H3,(H,16,17). The summed E-state index contributed by atoms with van der Waals surface area (Å²) < 4.78 is 0. The van der Waals surface area contributed by atoms with Crippen LogP contribution in [0.25, 0.3) is 0 Å². The first-order valence-corrected chi connectivity index (χ1v) is 5.52. The Morgan fingerprint density at radius 3 is 2.76 bits per heavy atom. The van der Waals surface area contributed by atoms with Crippen molar-refractivity contribution in [2.24, 2.45) is 0 Å². The molecule has 0 saturated heterocycles. The van der Waals surface area contributed by atoms with Crippen molar-refractivity contribution in [2.75, 3.05) is 5.32 Å². The summed E-state index contributed by atoms with van der Waals surface area (Å²) in [6.45, 7) is 1.87. The minimum atomic E-state index is -0.195. The van der Waals surface area contributed by atoms with Crippen LogP contribution in [-0.2, 0) is 0 Å². The van der Waals surface area contributed by atoms with E-state index in [4.69, 9.17) is 11.6 Å². The van der Waals surface area contributed by atoms with Crippen molar-refractivity contribution >= 4 is 23.2 Å². The van der Waals surface area contributed by atoms with Crippen molar-refractivity contribution in [3.05, 3.63) is 58.9 Å². The van der Waals surface area contributed by atoms with Crippen LogP contribution in [0.3, 0.4) is 0 Å². The molecule has 1 N–H and O–H groups in total. The highest BCUT2D eigenvalue weighted by atomic mass is 35.5. The van der Waals surface area contributed by atoms with Gasteiger partial charge >= 0.3 is 0 Å². The Balaban J connectivity index is 2.14. The zero-order chi connectivity index (χ0) is 12.3. The highest BCUT2D eigenvalue weighted by molar-refractivity contribution is 6.30. The zero-order valence-corrected chi connectivity index (χ0v) is 10.0. The van der Waals surface area contributed by atoms with E-state index in [2.05, 4.69) is 10.3 Å². The van der Waals surface area contributed by atoms with Gasteiger partial charge in [-0.25, -0.2) is 0 Å². The van der Waals surface area contributed by atoms with Crippen molar-refractivity contribution in [1.29, 1.82) is 0 Å². The molecular weight excluding hydrogens is 236 g/mol. The minimum absolute atomic E-state index is 0.195. The van der Waals surface area contributed by atoms with E-state index in [1.54, 1.807) is 42.6 Å². The number of carbonyl (C=O) groups excluding carboxylic acids is 1. The van der Waals surface area contributed by atoms with E-state index in [0.717, 1.165) is 5.69 Å². The van der Waals surface area contributed by atoms with E-state index in [-0.39, 0.29) is 5.91 Å². The van der Waals surface area contributed by atoms with Crippen molar-refractivity contribution in [3.63, 3.8) is 0 Å². The van der Waals surface area contributed by atoms with Gasteiger partial charge in [-0.3, -0.25) is 9.78 Å². The third-order valence-corrected chi connectivity index (χ3v) is 2.49. The van der Waals surface area contributed by atoms with Gasteiger partial charge in [0.15, 0.2) is 0 Å². The normalized spacial score (nSPS) is 10.0. The first-order valence-electron chi connectivity index (χ1n) is 5.15. The molecular formula is C13H11ClN2O. The molecule has 86 valence electrons. The summed E-state index contributed by atoms with van der Waals surface area (Å²) in [5.74, 6) is -0.195. The number of rotatable bonds is 2. The van der Waals surface area contributed by atoms with Gasteiger partial charge in [0, 0.05) is 22.6 Å². The Bertz CT molecular complexity index is 537. The molecule has 2 rings (SSSR count). The fraction of sp³-hybridized carbons (Fsp3) is 0.0769. The Morgan fingerprint density at radius 1 is 1.29 bits per heavy atom. The molecule has 1 aromatic carbocycles. The van der Waals surface area contributed by atoms with Gasteiger partial charge in [-0.05, 0) is 37.3 Å². The molecule has 0 aliphatic rings. The van der Waals surface area contributed by atoms with Crippen LogP contribution in [0.2, 0.25) is 5.02 Å². The number of benzene rings is 1. The molecule has 0 radical (unpaired) electrons. The summed E-state index contributed by atoms with van der Waals surface area (Å²) in [4.78, 5) is 15.9. The van der Waals surface area contributed by atoms with Gasteiger partial charge in [0.25, 0.3) is 5.91 Å². The van der Waals surface area contributed by atoms with Gasteiger partial charge in [0.05, 0.1) is 5.56 Å². The van der Waals surface area contributed by atoms with Gasteiger partial charge in [-0.15, -0.1) is 0 Å². The quantitative estimate of drug-likeness (QED) is 0.884. The van der Waals surface area contributed by atoms with Gasteiger partial charge in [-0.1, -0.05) is 17.7 Å². The maximum absolute atomic E-state index is 11.8. The molecule has 1 heterocycles. The molecule has 0 aliphatic heterocycles. The number of anilines is 1. The lowest BCUT2D eigenvalue weighted by Gasteiger charge is -2.05. The number of aromatic nitrogens is 1. The molecule has 0 saturated carbocycles. The number of halogens is 1. The van der Waals surface area contributed by atoms with Gasteiger partial charge in [-0.2, -0.15) is 0 Å². The van der Waals surface area contributed by atoms with Crippen LogP contribution < -0.4 is 5.32 Å². The number of nitrogens with one attached hydrogen (secondary N) is 1. The predicted octanol–water partition coefficient (Wildman–Crippen LogP) is 3.30. The molecule has 0 fully saturated rings. The number of hydrogen-bond acceptors (Lipinski definition) is 2. The maximum atomic E-state index is 11.8. The van der Waals surface area contributed by atoms with Crippen LogP contribution >= 0.6 is 11.6 Å². The zero-order valence-electron chi connectivity index (χ0n) is 9.27. The summed E-state index contributed by atoms with van der Waals surface area (Å²) in [5, 5.41) is 3.34. The van der Waals surface area contributed by atoms with Crippen LogP contribution in [0.15, 0.2) is 42.6 Å². The van der Waals surface area contributed by atoms with Gasteiger partial charge in [0.1, 0.15) is 0 Å². The van der Waals surface area contributed by atoms with Crippen LogP contribution in [0, 0.1) is 6.92 Å². The van der Waals surface area contributed by atoms with Crippen LogP contribution in [-0.4, -0.2) is 10.9 Å². The highest BCUT2D eigenvalue weighted by Crippen LogP contribution is 2.15. The van der Waals surface area contributed by atoms with E-state index in [1.165, 1.54) is 0 Å². The molecule has 1 amide bonds. The van der Waals surface area contributed by atoms with E-state index >= 15 is 0 Å². The summed E-state index contributed by atoms with van der Waals surface area (Å²) in [6, 6.07) is 10.6. The lowest BCUT2D eigenvalue weighted by Crippen LogP contribution is -2.12. The third kappa shape index (κ3) is 3.04. The Kier molecular flexibility index (Phi) is 3.40. The molecule has 0 spiro atoms. The van der Waals surface area contributed by atoms with Crippen molar-refractivity contribution in [1.82, 2.24) is 4.98 Å². The molecule has 17 heavy (non-hydrogen) atoms. The van der Waals surface area contributed by atoms with E-state index in [1.807, 2.05) is 6.92 Å². The predicted molar refractivity (Wildman–Crippen MR) is 68.4 cm³/mol. The largest absolute Gasteiger partial charge is 0.322 e. The second-order valence-electron chi connectivity index (χ2n) is 3.65. The number of aryl methyl sites for hydroxylation is 1. The molecule has 0 aliphatic carbocycles. The lowest BCUT2D eigenvalue weighted by atomic mass is 10.2. The van der Waals surface area contributed by atoms with Crippen molar-refractivity contribution < 1.29 is 4.79 Å². The summed E-state index contributed by atoms with van der Waals surface area (Å²) in [7, 11) is 0. The van der Waals surface area contributed by atoms with Crippen LogP contribution in [0.1, 0.15) is 16.1 Å². The summed E-state index contributed by atoms with van der Waals surface area (Å²) >= 11 is 5.83. The molecule has 2 aromatic rings. The average Bonchev–Trinajstić information content (AvgIpc) is 2.29. The maximum Gasteiger partial charge on any atom is 0.257 e. The van der Waals surface area contributed by atoms with Crippen LogP contribution in [0.4, 0.5) is 5.69 Å². The summed E-state index contributed by atoms with van der Waals surface area (Å²) in [5.41, 5.74) is 2.07. The van der Waals surface area contributed by atoms with Crippen molar-refractivity contribution in [3.8, 4) is 0 Å². The molecule has 0 bridgehead atoms. The fourth-order valence-electron chi connectivity index (χ4n) is 1.37. The lowest BCUT2D eigenvalue weighted by molar-refractivity contribution is 0.102. The highest BCUT2D eigenvalue weighted by Gasteiger charge is 2.06. The topological polar surface area (TPSA) is 42.0 Å². The number of amides is 1. The first kappa shape index (κ1) is 11.6. The second-order valence-corrected chi connectivity index (χ2v) is 4.09. The molecule has 0 unspecified atom stereocenters. The smallest absolute Gasteiger partial charge is 0.257 e. The van der Waals surface area contributed by atoms with E-state index in [9.17, 15) is 4.79 Å². The third-order valence-electron chi connectivity index (χ3n) is 2.26. The Labute approximate surface area is 104 Å². The Hall–Kier alpha value is -1.87. The molecule has 1 aromatic heterocycles. The fourth-order valence-corrected chi connectivity index (χ4v) is 1.56. The van der Waals surface area contributed by atoms with Gasteiger partial charge in [0.2, 0.25) is 0 Å². The minimum Gasteiger partial charge on any atom is -0.322 e. The Morgan fingerprint density at radius 2 is 2.12 bits per heavy atom. The van der Waals surface area contributed by atoms with Crippen LogP contribution in [0.5, 0.6) is 0 Å². The van der Waals surface area contributed by atoms with Gasteiger partial charge < -0.3 is 5.32 Å². The number of pyridine rings is 1. The number of carbonyl (C=O) groups is 1. The summed E-state index contributed by atoms with van der Waals surface area (Å²) in [6.07, 6.45) is 1.55. The first-order chi connectivity index (χ1) is 8.15. The second kappa shape index (κ2) is 4.97. The number of nitrogens with zero attached hydrogens (tertiary/aromatic N) is 1. The van der Waals surface area contributed by atoms with Crippen molar-refractivity contribution in [2.45, 2.75) is 6.92 Å². The SMILES string of the molecule is Cc1ccc(C(=O)Nc2cccc(Cl)c2)cn1. The molecule has 4 heteroatoms. The molecule has 0 atom stereocenters. The molecule has 3 nitrogen and oxygen atoms in total. The number of hydrogen-bond donors (Lipinski definition) is 1. The monoisotopic (exact) mass is 246 g/mol. The van der Waals surface area contributed by atoms with E-state index in [0.29, 0.717) is 16.3 Å². The van der Waals surface area contributed by atoms with E-state index < -0.39 is 0 Å². The average molecular weight is 247 g/mol.